The molecule has 2 aromatic heterocycles. The number of aromatic carboxylic acids is 1. The largest absolute Gasteiger partial charge is 0.494 e. The SMILES string of the molecule is [2H]C([2H])([2H])NC(=O)c1nnc(NC(=O)C2CC2)cc1Nc1cccc(-c2cc(C(=O)O)n(C)n2)c1OC. The molecule has 4 N–H and O–H groups in total. The maximum Gasteiger partial charge on any atom is 0.354 e. The first-order chi connectivity index (χ1) is 17.5. The van der Waals surface area contributed by atoms with Gasteiger partial charge in [0.15, 0.2) is 17.3 Å². The summed E-state index contributed by atoms with van der Waals surface area (Å²) in [5.41, 5.74) is 0.787. The van der Waals surface area contributed by atoms with Crippen LogP contribution in [0, 0.1) is 5.92 Å². The number of nitrogens with zero attached hydrogens (tertiary/aromatic N) is 4. The number of para-hydroxylation sites is 1. The number of aryl methyl sites for hydroxylation is 1. The number of nitrogens with one attached hydrogen (secondary N) is 3. The Kier molecular flexibility index (Phi) is 5.14. The standard InChI is InChI=1S/C22H23N7O5/c1-23-21(31)18-15(10-17(26-27-18)25-20(30)11-7-8-11)24-13-6-4-5-12(19(13)34-3)14-9-16(22(32)33)29(2)28-14/h4-6,9-11H,7-8H2,1-3H3,(H,23,31)(H,32,33)(H2,24,25,26,30)/i1D3. The number of rotatable bonds is 8. The van der Waals surface area contributed by atoms with Crippen LogP contribution in [0.1, 0.15) is 37.9 Å². The van der Waals surface area contributed by atoms with Crippen molar-refractivity contribution >= 4 is 35.0 Å². The summed E-state index contributed by atoms with van der Waals surface area (Å²) < 4.78 is 28.8. The highest BCUT2D eigenvalue weighted by atomic mass is 16.5. The van der Waals surface area contributed by atoms with E-state index in [-0.39, 0.29) is 40.5 Å². The van der Waals surface area contributed by atoms with Crippen molar-refractivity contribution in [2.45, 2.75) is 12.8 Å². The summed E-state index contributed by atoms with van der Waals surface area (Å²) >= 11 is 0. The number of anilines is 3. The maximum atomic E-state index is 12.7. The van der Waals surface area contributed by atoms with Crippen molar-refractivity contribution in [3.8, 4) is 17.0 Å². The third-order valence-electron chi connectivity index (χ3n) is 5.19. The number of aromatic nitrogens is 4. The lowest BCUT2D eigenvalue weighted by Crippen LogP contribution is -2.22. The van der Waals surface area contributed by atoms with Crippen LogP contribution >= 0.6 is 0 Å². The molecule has 3 aromatic rings. The van der Waals surface area contributed by atoms with Crippen LogP contribution in [0.2, 0.25) is 0 Å². The van der Waals surface area contributed by atoms with Gasteiger partial charge in [-0.15, -0.1) is 10.2 Å². The maximum absolute atomic E-state index is 12.7. The molecule has 0 radical (unpaired) electrons. The molecule has 0 aliphatic heterocycles. The first-order valence-corrected chi connectivity index (χ1v) is 10.2. The molecule has 0 unspecified atom stereocenters. The number of hydrogen-bond donors (Lipinski definition) is 4. The molecule has 12 nitrogen and oxygen atoms in total. The fraction of sp³-hybridized carbons (Fsp3) is 0.273. The van der Waals surface area contributed by atoms with Crippen LogP contribution in [-0.4, -0.2) is 57.0 Å². The lowest BCUT2D eigenvalue weighted by molar-refractivity contribution is -0.117. The van der Waals surface area contributed by atoms with Crippen molar-refractivity contribution < 1.29 is 28.3 Å². The van der Waals surface area contributed by atoms with Crippen LogP contribution < -0.4 is 20.7 Å². The Bertz CT molecular complexity index is 1390. The number of carbonyl (C=O) groups excluding carboxylic acids is 2. The van der Waals surface area contributed by atoms with Crippen LogP contribution in [0.4, 0.5) is 17.2 Å². The minimum atomic E-state index is -2.77. The van der Waals surface area contributed by atoms with Crippen LogP contribution in [0.5, 0.6) is 5.75 Å². The van der Waals surface area contributed by atoms with Gasteiger partial charge in [0, 0.05) is 35.7 Å². The zero-order valence-electron chi connectivity index (χ0n) is 21.2. The summed E-state index contributed by atoms with van der Waals surface area (Å²) in [6.45, 7) is -2.77. The Morgan fingerprint density at radius 3 is 2.65 bits per heavy atom. The zero-order valence-corrected chi connectivity index (χ0v) is 18.2. The van der Waals surface area contributed by atoms with Crippen molar-refractivity contribution in [3.05, 3.63) is 41.7 Å². The Hall–Kier alpha value is -4.48. The number of carboxylic acids is 1. The molecule has 1 fully saturated rings. The molecule has 1 aliphatic carbocycles. The third kappa shape index (κ3) is 4.51. The van der Waals surface area contributed by atoms with Gasteiger partial charge in [0.2, 0.25) is 5.91 Å². The Balaban J connectivity index is 1.74. The number of carboxylic acid groups (broad SMARTS) is 1. The van der Waals surface area contributed by atoms with E-state index >= 15 is 0 Å². The topological polar surface area (TPSA) is 160 Å². The summed E-state index contributed by atoms with van der Waals surface area (Å²) in [4.78, 5) is 36.3. The van der Waals surface area contributed by atoms with Gasteiger partial charge in [-0.3, -0.25) is 14.3 Å². The molecule has 176 valence electrons. The first kappa shape index (κ1) is 19.0. The van der Waals surface area contributed by atoms with Gasteiger partial charge in [0.05, 0.1) is 24.2 Å². The van der Waals surface area contributed by atoms with E-state index < -0.39 is 18.9 Å². The number of carbonyl (C=O) groups is 3. The summed E-state index contributed by atoms with van der Waals surface area (Å²) in [6.07, 6.45) is 1.54. The molecule has 4 rings (SSSR count). The second kappa shape index (κ2) is 9.17. The normalized spacial score (nSPS) is 14.4. The van der Waals surface area contributed by atoms with E-state index in [1.165, 1.54) is 31.0 Å². The number of hydrogen-bond acceptors (Lipinski definition) is 8. The van der Waals surface area contributed by atoms with Gasteiger partial charge < -0.3 is 25.8 Å². The van der Waals surface area contributed by atoms with Crippen molar-refractivity contribution in [1.29, 1.82) is 0 Å². The Morgan fingerprint density at radius 1 is 1.21 bits per heavy atom. The van der Waals surface area contributed by atoms with Crippen molar-refractivity contribution in [3.63, 3.8) is 0 Å². The molecule has 2 amide bonds. The van der Waals surface area contributed by atoms with Crippen LogP contribution in [-0.2, 0) is 11.8 Å². The number of methoxy groups -OCH3 is 1. The molecule has 0 spiro atoms. The average molecular weight is 468 g/mol. The fourth-order valence-electron chi connectivity index (χ4n) is 3.35. The predicted octanol–water partition coefficient (Wildman–Crippen LogP) is 2.04. The van der Waals surface area contributed by atoms with Crippen molar-refractivity contribution in [2.24, 2.45) is 13.0 Å². The van der Waals surface area contributed by atoms with E-state index in [9.17, 15) is 19.5 Å². The van der Waals surface area contributed by atoms with E-state index in [1.54, 1.807) is 18.2 Å². The molecular weight excluding hydrogens is 442 g/mol. The molecule has 12 heteroatoms. The fourth-order valence-corrected chi connectivity index (χ4v) is 3.35. The Labute approximate surface area is 198 Å². The van der Waals surface area contributed by atoms with Gasteiger partial charge in [-0.1, -0.05) is 6.07 Å². The number of ether oxygens (including phenoxy) is 1. The highest BCUT2D eigenvalue weighted by Crippen LogP contribution is 2.38. The van der Waals surface area contributed by atoms with E-state index in [0.29, 0.717) is 16.9 Å². The molecule has 0 saturated heterocycles. The second-order valence-corrected chi connectivity index (χ2v) is 7.56. The summed E-state index contributed by atoms with van der Waals surface area (Å²) in [6, 6.07) is 7.70. The summed E-state index contributed by atoms with van der Waals surface area (Å²) in [5.74, 6) is -2.17. The molecule has 1 aliphatic rings. The smallest absolute Gasteiger partial charge is 0.354 e. The second-order valence-electron chi connectivity index (χ2n) is 7.56. The molecular formula is C22H23N7O5. The summed E-state index contributed by atoms with van der Waals surface area (Å²) in [5, 5.41) is 28.8. The molecule has 34 heavy (non-hydrogen) atoms. The van der Waals surface area contributed by atoms with Crippen LogP contribution in [0.25, 0.3) is 11.3 Å². The minimum Gasteiger partial charge on any atom is -0.494 e. The quantitative estimate of drug-likeness (QED) is 0.388. The van der Waals surface area contributed by atoms with E-state index in [1.807, 2.05) is 5.32 Å². The molecule has 1 aromatic carbocycles. The third-order valence-corrected chi connectivity index (χ3v) is 5.19. The average Bonchev–Trinajstić information content (AvgIpc) is 3.59. The first-order valence-electron chi connectivity index (χ1n) is 11.7. The van der Waals surface area contributed by atoms with Gasteiger partial charge in [0.25, 0.3) is 5.91 Å². The van der Waals surface area contributed by atoms with Crippen molar-refractivity contribution in [2.75, 3.05) is 24.7 Å². The van der Waals surface area contributed by atoms with Crippen LogP contribution in [0.3, 0.4) is 0 Å². The lowest BCUT2D eigenvalue weighted by atomic mass is 10.1. The number of amides is 2. The zero-order chi connectivity index (χ0) is 26.9. The summed E-state index contributed by atoms with van der Waals surface area (Å²) in [7, 11) is 2.90. The molecule has 0 bridgehead atoms. The Morgan fingerprint density at radius 2 is 2.00 bits per heavy atom. The van der Waals surface area contributed by atoms with Gasteiger partial charge in [-0.25, -0.2) is 4.79 Å². The molecule has 1 saturated carbocycles. The predicted molar refractivity (Wildman–Crippen MR) is 122 cm³/mol. The van der Waals surface area contributed by atoms with Gasteiger partial charge in [-0.05, 0) is 31.0 Å². The lowest BCUT2D eigenvalue weighted by Gasteiger charge is -2.16. The van der Waals surface area contributed by atoms with Crippen molar-refractivity contribution in [1.82, 2.24) is 25.3 Å². The van der Waals surface area contributed by atoms with Gasteiger partial charge in [0.1, 0.15) is 5.69 Å². The molecule has 0 atom stereocenters. The highest BCUT2D eigenvalue weighted by molar-refractivity contribution is 6.00. The van der Waals surface area contributed by atoms with Gasteiger partial charge in [-0.2, -0.15) is 5.10 Å². The van der Waals surface area contributed by atoms with E-state index in [0.717, 1.165) is 12.8 Å². The molecule has 2 heterocycles. The van der Waals surface area contributed by atoms with E-state index in [4.69, 9.17) is 8.85 Å². The number of benzene rings is 1. The van der Waals surface area contributed by atoms with Gasteiger partial charge >= 0.3 is 5.97 Å². The minimum absolute atomic E-state index is 0.0339. The van der Waals surface area contributed by atoms with Crippen LogP contribution in [0.15, 0.2) is 30.3 Å². The van der Waals surface area contributed by atoms with E-state index in [2.05, 4.69) is 25.9 Å². The monoisotopic (exact) mass is 468 g/mol. The highest BCUT2D eigenvalue weighted by Gasteiger charge is 2.30.